The minimum absolute atomic E-state index is 0.0887. The van der Waals surface area contributed by atoms with Crippen molar-refractivity contribution in [1.82, 2.24) is 15.7 Å². The largest absolute Gasteiger partial charge is 0.370 e. The number of nitrogens with one attached hydrogen (secondary N) is 2. The zero-order valence-electron chi connectivity index (χ0n) is 15.8. The number of unbranched alkanes of at least 4 members (excludes halogenated alkanes) is 2. The molecule has 1 atom stereocenters. The molecule has 0 radical (unpaired) electrons. The number of hydroxylamine groups is 1. The summed E-state index contributed by atoms with van der Waals surface area (Å²) >= 11 is 1.39. The van der Waals surface area contributed by atoms with Crippen LogP contribution in [0, 0.1) is 0 Å². The van der Waals surface area contributed by atoms with Gasteiger partial charge >= 0.3 is 0 Å². The standard InChI is InChI=1S/C17H30N4O5S/c1-2-26-20-8-7-15(23)19-9-11-27-13-12-16(24)21(17(13)25)10-5-3-4-6-14(18)22/h13,20H,2-12H2,1H3,(H2,18,22)(H,19,23). The molecule has 0 aromatic heterocycles. The Morgan fingerprint density at radius 1 is 1.22 bits per heavy atom. The van der Waals surface area contributed by atoms with Gasteiger partial charge in [0.25, 0.3) is 0 Å². The average Bonchev–Trinajstić information content (AvgIpc) is 2.89. The Balaban J connectivity index is 2.16. The number of thioether (sulfide) groups is 1. The van der Waals surface area contributed by atoms with Crippen molar-refractivity contribution in [3.63, 3.8) is 0 Å². The number of amides is 4. The van der Waals surface area contributed by atoms with Crippen molar-refractivity contribution in [2.45, 2.75) is 50.7 Å². The maximum absolute atomic E-state index is 12.3. The summed E-state index contributed by atoms with van der Waals surface area (Å²) in [7, 11) is 0. The van der Waals surface area contributed by atoms with Gasteiger partial charge in [-0.1, -0.05) is 6.42 Å². The lowest BCUT2D eigenvalue weighted by Gasteiger charge is -2.14. The monoisotopic (exact) mass is 402 g/mol. The van der Waals surface area contributed by atoms with E-state index >= 15 is 0 Å². The number of primary amides is 1. The normalized spacial score (nSPS) is 16.8. The Bertz CT molecular complexity index is 518. The van der Waals surface area contributed by atoms with E-state index < -0.39 is 0 Å². The van der Waals surface area contributed by atoms with Gasteiger partial charge in [-0.05, 0) is 19.8 Å². The van der Waals surface area contributed by atoms with Crippen LogP contribution in [0.4, 0.5) is 0 Å². The topological polar surface area (TPSA) is 131 Å². The van der Waals surface area contributed by atoms with Crippen LogP contribution in [0.2, 0.25) is 0 Å². The maximum Gasteiger partial charge on any atom is 0.242 e. The first-order chi connectivity index (χ1) is 13.0. The summed E-state index contributed by atoms with van der Waals surface area (Å²) in [6, 6.07) is 0. The van der Waals surface area contributed by atoms with E-state index in [2.05, 4.69) is 10.8 Å². The fraction of sp³-hybridized carbons (Fsp3) is 0.765. The number of hydrogen-bond acceptors (Lipinski definition) is 7. The highest BCUT2D eigenvalue weighted by molar-refractivity contribution is 8.00. The molecular weight excluding hydrogens is 372 g/mol. The highest BCUT2D eigenvalue weighted by Crippen LogP contribution is 2.25. The molecular formula is C17H30N4O5S. The molecule has 4 amide bonds. The lowest BCUT2D eigenvalue weighted by atomic mass is 10.2. The number of imide groups is 1. The number of carbonyl (C=O) groups is 4. The summed E-state index contributed by atoms with van der Waals surface area (Å²) in [5.74, 6) is -0.168. The number of nitrogens with zero attached hydrogens (tertiary/aromatic N) is 1. The molecule has 154 valence electrons. The van der Waals surface area contributed by atoms with Crippen molar-refractivity contribution in [2.75, 3.05) is 32.0 Å². The van der Waals surface area contributed by atoms with E-state index in [1.807, 2.05) is 6.92 Å². The van der Waals surface area contributed by atoms with Gasteiger partial charge in [-0.2, -0.15) is 0 Å². The van der Waals surface area contributed by atoms with Gasteiger partial charge in [0.1, 0.15) is 0 Å². The molecule has 0 spiro atoms. The van der Waals surface area contributed by atoms with Crippen LogP contribution in [0.5, 0.6) is 0 Å². The first kappa shape index (κ1) is 23.4. The van der Waals surface area contributed by atoms with E-state index in [1.54, 1.807) is 0 Å². The smallest absolute Gasteiger partial charge is 0.242 e. The highest BCUT2D eigenvalue weighted by atomic mass is 32.2. The summed E-state index contributed by atoms with van der Waals surface area (Å²) in [4.78, 5) is 52.9. The van der Waals surface area contributed by atoms with Gasteiger partial charge in [0.05, 0.1) is 11.9 Å². The van der Waals surface area contributed by atoms with Crippen LogP contribution < -0.4 is 16.5 Å². The van der Waals surface area contributed by atoms with Gasteiger partial charge in [0, 0.05) is 44.6 Å². The first-order valence-electron chi connectivity index (χ1n) is 9.31. The third kappa shape index (κ3) is 9.73. The molecule has 1 aliphatic heterocycles. The second-order valence-corrected chi connectivity index (χ2v) is 7.46. The summed E-state index contributed by atoms with van der Waals surface area (Å²) < 4.78 is 0. The molecule has 1 unspecified atom stereocenters. The molecule has 1 saturated heterocycles. The maximum atomic E-state index is 12.3. The molecule has 4 N–H and O–H groups in total. The second kappa shape index (κ2) is 13.5. The predicted molar refractivity (Wildman–Crippen MR) is 103 cm³/mol. The van der Waals surface area contributed by atoms with Gasteiger partial charge in [0.2, 0.25) is 23.6 Å². The van der Waals surface area contributed by atoms with Crippen molar-refractivity contribution in [2.24, 2.45) is 5.73 Å². The molecule has 10 heteroatoms. The molecule has 0 aromatic rings. The van der Waals surface area contributed by atoms with Crippen LogP contribution in [0.1, 0.15) is 45.4 Å². The van der Waals surface area contributed by atoms with Gasteiger partial charge in [-0.25, -0.2) is 5.48 Å². The lowest BCUT2D eigenvalue weighted by Crippen LogP contribution is -2.33. The Hall–Kier alpha value is -1.65. The Labute approximate surface area is 164 Å². The van der Waals surface area contributed by atoms with Gasteiger partial charge in [-0.15, -0.1) is 11.8 Å². The molecule has 0 bridgehead atoms. The highest BCUT2D eigenvalue weighted by Gasteiger charge is 2.38. The van der Waals surface area contributed by atoms with Crippen LogP contribution >= 0.6 is 11.8 Å². The minimum Gasteiger partial charge on any atom is -0.370 e. The number of carbonyl (C=O) groups excluding carboxylic acids is 4. The zero-order valence-corrected chi connectivity index (χ0v) is 16.6. The lowest BCUT2D eigenvalue weighted by molar-refractivity contribution is -0.138. The van der Waals surface area contributed by atoms with Crippen molar-refractivity contribution in [3.8, 4) is 0 Å². The van der Waals surface area contributed by atoms with Crippen molar-refractivity contribution in [1.29, 1.82) is 0 Å². The van der Waals surface area contributed by atoms with Crippen LogP contribution in [0.25, 0.3) is 0 Å². The molecule has 1 heterocycles. The Kier molecular flexibility index (Phi) is 11.7. The van der Waals surface area contributed by atoms with E-state index in [0.29, 0.717) is 57.7 Å². The second-order valence-electron chi connectivity index (χ2n) is 6.15. The van der Waals surface area contributed by atoms with Crippen LogP contribution in [-0.4, -0.2) is 65.8 Å². The minimum atomic E-state index is -0.375. The SMILES string of the molecule is CCONCCC(=O)NCCSC1CC(=O)N(CCCCCC(N)=O)C1=O. The van der Waals surface area contributed by atoms with Crippen molar-refractivity contribution < 1.29 is 24.0 Å². The van der Waals surface area contributed by atoms with Gasteiger partial charge in [0.15, 0.2) is 0 Å². The number of rotatable bonds is 15. The molecule has 0 saturated carbocycles. The summed E-state index contributed by atoms with van der Waals surface area (Å²) in [6.07, 6.45) is 2.94. The van der Waals surface area contributed by atoms with Crippen LogP contribution in [0.3, 0.4) is 0 Å². The Morgan fingerprint density at radius 3 is 2.70 bits per heavy atom. The fourth-order valence-electron chi connectivity index (χ4n) is 2.58. The van der Waals surface area contributed by atoms with Crippen molar-refractivity contribution in [3.05, 3.63) is 0 Å². The van der Waals surface area contributed by atoms with E-state index in [4.69, 9.17) is 10.6 Å². The van der Waals surface area contributed by atoms with Gasteiger partial charge in [-0.3, -0.25) is 24.1 Å². The molecule has 1 fully saturated rings. The third-order valence-corrected chi connectivity index (χ3v) is 5.16. The van der Waals surface area contributed by atoms with Crippen LogP contribution in [0.15, 0.2) is 0 Å². The third-order valence-electron chi connectivity index (χ3n) is 3.95. The Morgan fingerprint density at radius 2 is 2.00 bits per heavy atom. The molecule has 27 heavy (non-hydrogen) atoms. The number of likely N-dealkylation sites (tertiary alicyclic amines) is 1. The molecule has 1 rings (SSSR count). The zero-order chi connectivity index (χ0) is 20.1. The number of hydrogen-bond donors (Lipinski definition) is 3. The molecule has 9 nitrogen and oxygen atoms in total. The average molecular weight is 403 g/mol. The molecule has 1 aliphatic rings. The van der Waals surface area contributed by atoms with E-state index in [0.717, 1.165) is 6.42 Å². The number of nitrogens with two attached hydrogens (primary N) is 1. The van der Waals surface area contributed by atoms with Crippen LogP contribution in [-0.2, 0) is 24.0 Å². The summed E-state index contributed by atoms with van der Waals surface area (Å²) in [6.45, 7) is 3.67. The summed E-state index contributed by atoms with van der Waals surface area (Å²) in [5.41, 5.74) is 7.75. The molecule has 0 aliphatic carbocycles. The van der Waals surface area contributed by atoms with E-state index in [1.165, 1.54) is 16.7 Å². The first-order valence-corrected chi connectivity index (χ1v) is 10.4. The quantitative estimate of drug-likeness (QED) is 0.199. The summed E-state index contributed by atoms with van der Waals surface area (Å²) in [5, 5.41) is 2.40. The van der Waals surface area contributed by atoms with E-state index in [-0.39, 0.29) is 35.3 Å². The van der Waals surface area contributed by atoms with Crippen molar-refractivity contribution >= 4 is 35.4 Å². The van der Waals surface area contributed by atoms with Gasteiger partial charge < -0.3 is 15.9 Å². The van der Waals surface area contributed by atoms with E-state index in [9.17, 15) is 19.2 Å². The predicted octanol–water partition coefficient (Wildman–Crippen LogP) is -0.0598. The molecule has 0 aromatic carbocycles. The fourth-order valence-corrected chi connectivity index (χ4v) is 3.62.